The Morgan fingerprint density at radius 3 is 2.20 bits per heavy atom. The van der Waals surface area contributed by atoms with Crippen LogP contribution in [-0.4, -0.2) is 37.8 Å². The zero-order chi connectivity index (χ0) is 44.3. The van der Waals surface area contributed by atoms with Gasteiger partial charge >= 0.3 is 164 Å². The van der Waals surface area contributed by atoms with Crippen molar-refractivity contribution in [2.45, 2.75) is 84.0 Å². The van der Waals surface area contributed by atoms with Crippen molar-refractivity contribution in [3.8, 4) is 28.3 Å². The van der Waals surface area contributed by atoms with Gasteiger partial charge in [-0.25, -0.2) is 4.39 Å². The number of benzene rings is 4. The summed E-state index contributed by atoms with van der Waals surface area (Å²) in [6.07, 6.45) is 8.25. The topological polar surface area (TPSA) is 82.8 Å². The minimum absolute atomic E-state index is 0. The number of nitrogens with zero attached hydrogens (tertiary/aromatic N) is 5. The fourth-order valence-electron chi connectivity index (χ4n) is 8.76. The molecule has 0 N–H and O–H groups in total. The van der Waals surface area contributed by atoms with E-state index in [2.05, 4.69) is 134 Å². The molecule has 10 heteroatoms. The van der Waals surface area contributed by atoms with Crippen LogP contribution in [0.25, 0.3) is 83.4 Å². The number of imidazole rings is 1. The molecule has 0 bridgehead atoms. The summed E-state index contributed by atoms with van der Waals surface area (Å²) in [5.41, 5.74) is 13.1. The maximum absolute atomic E-state index is 13.8. The van der Waals surface area contributed by atoms with E-state index < -0.39 is 13.3 Å². The van der Waals surface area contributed by atoms with Gasteiger partial charge in [0, 0.05) is 42.9 Å². The van der Waals surface area contributed by atoms with E-state index >= 15 is 0 Å². The summed E-state index contributed by atoms with van der Waals surface area (Å²) in [6, 6.07) is 33.0. The summed E-state index contributed by atoms with van der Waals surface area (Å²) in [5, 5.41) is 3.88. The summed E-state index contributed by atoms with van der Waals surface area (Å²) < 4.78 is 29.5. The van der Waals surface area contributed by atoms with Crippen LogP contribution < -0.4 is 4.40 Å². The third-order valence-electron chi connectivity index (χ3n) is 11.7. The number of fused-ring (bicyclic) bond motifs is 7. The number of rotatable bonds is 8. The number of halogens is 1. The number of aromatic nitrogens is 5. The fourth-order valence-corrected chi connectivity index (χ4v) is 12.1. The van der Waals surface area contributed by atoms with Gasteiger partial charge in [0.2, 0.25) is 0 Å². The Morgan fingerprint density at radius 1 is 0.750 bits per heavy atom. The smallest absolute Gasteiger partial charge is 0.141 e. The first-order chi connectivity index (χ1) is 30.2. The zero-order valence-corrected chi connectivity index (χ0v) is 42.5. The molecule has 0 fully saturated rings. The molecule has 4 aromatic carbocycles. The Labute approximate surface area is 390 Å². The summed E-state index contributed by atoms with van der Waals surface area (Å²) in [5.74, 6) is 8.93. The molecular weight excluding hydrogens is 1030 g/mol. The largest absolute Gasteiger partial charge is 0.482 e. The fraction of sp³-hybridized carbons (Fsp3) is 0.259. The molecule has 0 spiro atoms. The van der Waals surface area contributed by atoms with E-state index in [0.29, 0.717) is 29.1 Å². The maximum atomic E-state index is 13.8. The van der Waals surface area contributed by atoms with Gasteiger partial charge in [-0.2, -0.15) is 0 Å². The van der Waals surface area contributed by atoms with E-state index in [1.54, 1.807) is 6.07 Å². The second kappa shape index (κ2) is 17.8. The number of aryl methyl sites for hydroxylation is 1. The second-order valence-corrected chi connectivity index (χ2v) is 29.3. The van der Waals surface area contributed by atoms with Crippen LogP contribution in [0.5, 0.6) is 0 Å². The van der Waals surface area contributed by atoms with Gasteiger partial charge in [0.1, 0.15) is 17.1 Å². The number of pyridine rings is 3. The zero-order valence-electron chi connectivity index (χ0n) is 38.0. The second-order valence-electron chi connectivity index (χ2n) is 18.7. The molecule has 0 atom stereocenters. The Morgan fingerprint density at radius 2 is 1.48 bits per heavy atom. The molecule has 64 heavy (non-hydrogen) atoms. The third-order valence-corrected chi connectivity index (χ3v) is 16.1. The molecule has 7 nitrogen and oxygen atoms in total. The average Bonchev–Trinajstić information content (AvgIpc) is 3.93. The minimum Gasteiger partial charge on any atom is -0.482 e. The van der Waals surface area contributed by atoms with Gasteiger partial charge in [0.15, 0.2) is 0 Å². The van der Waals surface area contributed by atoms with E-state index in [4.69, 9.17) is 18.8 Å². The SMILES string of the molecule is CC(C)Cc1cc(-c2[c-]ccc3c2oc2ccccc23)nc[c]1[Ge]([CH3])([CH3])[CH3].Cc1cc2nc(-c3[c-]nc4oc5cc(F)ccc5c4c3)n(-c3c(C(C)C)cccc3C(C)C)c2cn1.[Ir]. The van der Waals surface area contributed by atoms with E-state index in [1.807, 2.05) is 43.5 Å². The van der Waals surface area contributed by atoms with Crippen LogP contribution >= 0.6 is 0 Å². The van der Waals surface area contributed by atoms with Crippen molar-refractivity contribution in [1.29, 1.82) is 0 Å². The maximum Gasteiger partial charge on any atom is 0.141 e. The van der Waals surface area contributed by atoms with Gasteiger partial charge in [-0.3, -0.25) is 9.97 Å². The van der Waals surface area contributed by atoms with E-state index in [-0.39, 0.29) is 25.9 Å². The first-order valence-corrected chi connectivity index (χ1v) is 29.2. The van der Waals surface area contributed by atoms with Crippen LogP contribution in [0.4, 0.5) is 4.39 Å². The number of hydrogen-bond donors (Lipinski definition) is 0. The van der Waals surface area contributed by atoms with Crippen LogP contribution in [0.15, 0.2) is 112 Å². The summed E-state index contributed by atoms with van der Waals surface area (Å²) in [6.45, 7) is 15.4. The van der Waals surface area contributed by atoms with E-state index in [9.17, 15) is 4.39 Å². The molecule has 327 valence electrons. The molecule has 0 unspecified atom stereocenters. The van der Waals surface area contributed by atoms with Gasteiger partial charge in [-0.1, -0.05) is 51.5 Å². The average molecular weight is 1090 g/mol. The molecule has 1 radical (unpaired) electrons. The van der Waals surface area contributed by atoms with Gasteiger partial charge in [0.25, 0.3) is 0 Å². The molecule has 10 rings (SSSR count). The van der Waals surface area contributed by atoms with Crippen molar-refractivity contribution in [3.63, 3.8) is 0 Å². The van der Waals surface area contributed by atoms with E-state index in [0.717, 1.165) is 84.2 Å². The van der Waals surface area contributed by atoms with Gasteiger partial charge in [-0.05, 0) is 59.7 Å². The summed E-state index contributed by atoms with van der Waals surface area (Å²) in [4.78, 5) is 19.0. The summed E-state index contributed by atoms with van der Waals surface area (Å²) >= 11 is -1.98. The van der Waals surface area contributed by atoms with E-state index in [1.165, 1.54) is 33.2 Å². The quantitative estimate of drug-likeness (QED) is 0.111. The third kappa shape index (κ3) is 8.46. The van der Waals surface area contributed by atoms with Crippen LogP contribution in [0.2, 0.25) is 17.3 Å². The Hall–Kier alpha value is -5.48. The minimum atomic E-state index is -1.98. The van der Waals surface area contributed by atoms with Crippen LogP contribution in [-0.2, 0) is 26.5 Å². The molecule has 0 saturated heterocycles. The first kappa shape index (κ1) is 45.1. The normalized spacial score (nSPS) is 12.0. The molecular formula is C54H52FGeIrN5O2-2. The van der Waals surface area contributed by atoms with Crippen molar-refractivity contribution >= 4 is 72.7 Å². The Kier molecular flexibility index (Phi) is 12.6. The van der Waals surface area contributed by atoms with Crippen LogP contribution in [0, 0.1) is 30.9 Å². The summed E-state index contributed by atoms with van der Waals surface area (Å²) in [7, 11) is 0. The molecule has 0 aliphatic carbocycles. The van der Waals surface area contributed by atoms with Gasteiger partial charge in [0.05, 0.1) is 23.1 Å². The molecule has 6 heterocycles. The van der Waals surface area contributed by atoms with Crippen LogP contribution in [0.3, 0.4) is 0 Å². The van der Waals surface area contributed by atoms with Gasteiger partial charge in [-0.15, -0.1) is 6.07 Å². The molecule has 0 aliphatic rings. The molecule has 0 aliphatic heterocycles. The van der Waals surface area contributed by atoms with Crippen molar-refractivity contribution in [3.05, 3.63) is 144 Å². The molecule has 0 amide bonds. The van der Waals surface area contributed by atoms with Crippen LogP contribution in [0.1, 0.15) is 75.8 Å². The molecule has 6 aromatic heterocycles. The Balaban J connectivity index is 0.000000179. The molecule has 10 aromatic rings. The monoisotopic (exact) mass is 1090 g/mol. The van der Waals surface area contributed by atoms with Crippen molar-refractivity contribution < 1.29 is 33.3 Å². The predicted octanol–water partition coefficient (Wildman–Crippen LogP) is 14.1. The first-order valence-electron chi connectivity index (χ1n) is 21.9. The molecule has 0 saturated carbocycles. The predicted molar refractivity (Wildman–Crippen MR) is 258 cm³/mol. The number of hydrogen-bond acceptors (Lipinski definition) is 6. The van der Waals surface area contributed by atoms with Crippen molar-refractivity contribution in [2.75, 3.05) is 0 Å². The van der Waals surface area contributed by atoms with Crippen molar-refractivity contribution in [2.24, 2.45) is 5.92 Å². The van der Waals surface area contributed by atoms with Gasteiger partial charge < -0.3 is 14.0 Å². The Bertz CT molecular complexity index is 3310. The van der Waals surface area contributed by atoms with Crippen molar-refractivity contribution in [1.82, 2.24) is 24.5 Å². The number of para-hydroxylation sites is 2. The standard InChI is InChI=1S/C30H26FN4O.C24H26GeNO.Ir/c1-16(2)21-7-6-8-22(17(3)4)28(21)35-26-15-32-18(5)11-25(26)34-29(35)19-12-24-23-10-9-20(31)13-27(23)36-30(24)33-14-19;1-16(2)13-17-14-22(26-15-21(17)25(3,4)5)20-11-8-10-19-18-9-6-7-12-23(18)27-24(19)20;/h6-13,15-17H,1-5H3;6-10,12,14-16H,13H2,1-5H3;/q2*-1;. The number of furan rings is 2.